The average Bonchev–Trinajstić information content (AvgIpc) is 2.35. The number of carbonyl (C=O) groups excluding carboxylic acids is 1. The molecule has 1 aliphatic carbocycles. The maximum Gasteiger partial charge on any atom is 0.133 e. The zero-order chi connectivity index (χ0) is 12.4. The Morgan fingerprint density at radius 2 is 1.88 bits per heavy atom. The first-order chi connectivity index (χ1) is 7.72. The number of nitriles is 1. The van der Waals surface area contributed by atoms with Gasteiger partial charge in [-0.2, -0.15) is 5.26 Å². The van der Waals surface area contributed by atoms with Crippen LogP contribution in [0.25, 0.3) is 0 Å². The van der Waals surface area contributed by atoms with Crippen molar-refractivity contribution in [3.63, 3.8) is 0 Å². The lowest BCUT2D eigenvalue weighted by molar-refractivity contribution is -0.121. The minimum atomic E-state index is -0.164. The number of Topliss-reactive ketones (excluding diaryl/α,β-unsaturated/α-hetero) is 1. The highest BCUT2D eigenvalue weighted by atomic mass is 16.1. The van der Waals surface area contributed by atoms with E-state index in [9.17, 15) is 4.79 Å². The smallest absolute Gasteiger partial charge is 0.133 e. The van der Waals surface area contributed by atoms with Gasteiger partial charge in [0.05, 0.1) is 11.5 Å². The molecule has 0 heterocycles. The predicted octanol–water partition coefficient (Wildman–Crippen LogP) is 4.02. The van der Waals surface area contributed by atoms with Gasteiger partial charge in [-0.1, -0.05) is 26.2 Å². The first-order valence-electron chi connectivity index (χ1n) is 6.15. The maximum atomic E-state index is 11.1. The van der Waals surface area contributed by atoms with Gasteiger partial charge in [-0.05, 0) is 19.3 Å². The molecule has 90 valence electrons. The summed E-state index contributed by atoms with van der Waals surface area (Å²) in [6, 6.07) is 2.44. The van der Waals surface area contributed by atoms with E-state index in [0.717, 1.165) is 25.7 Å². The Hall–Kier alpha value is -1.10. The van der Waals surface area contributed by atoms with Crippen LogP contribution in [0.5, 0.6) is 0 Å². The molecule has 0 spiro atoms. The number of unbranched alkanes of at least 4 members (excludes halogenated alkanes) is 2. The van der Waals surface area contributed by atoms with Gasteiger partial charge in [-0.25, -0.2) is 0 Å². The molecule has 1 fully saturated rings. The molecule has 1 rings (SSSR count). The van der Waals surface area contributed by atoms with Gasteiger partial charge in [0.25, 0.3) is 0 Å². The third-order valence-corrected chi connectivity index (χ3v) is 3.26. The molecule has 0 aromatic carbocycles. The van der Waals surface area contributed by atoms with E-state index in [2.05, 4.69) is 26.2 Å². The van der Waals surface area contributed by atoms with Crippen molar-refractivity contribution in [1.29, 1.82) is 5.26 Å². The van der Waals surface area contributed by atoms with Gasteiger partial charge in [0.15, 0.2) is 0 Å². The fourth-order valence-corrected chi connectivity index (χ4v) is 2.14. The zero-order valence-corrected chi connectivity index (χ0v) is 10.4. The highest BCUT2D eigenvalue weighted by Crippen LogP contribution is 2.38. The first-order valence-corrected chi connectivity index (χ1v) is 6.15. The van der Waals surface area contributed by atoms with Gasteiger partial charge in [-0.3, -0.25) is 4.79 Å². The van der Waals surface area contributed by atoms with Crippen LogP contribution in [-0.2, 0) is 4.79 Å². The lowest BCUT2D eigenvalue weighted by atomic mass is 9.72. The summed E-state index contributed by atoms with van der Waals surface area (Å²) in [6.45, 7) is 8.17. The second-order valence-electron chi connectivity index (χ2n) is 4.39. The van der Waals surface area contributed by atoms with E-state index in [4.69, 9.17) is 5.26 Å². The molecule has 0 atom stereocenters. The van der Waals surface area contributed by atoms with Crippen LogP contribution in [0.3, 0.4) is 0 Å². The third-order valence-electron chi connectivity index (χ3n) is 3.26. The highest BCUT2D eigenvalue weighted by molar-refractivity contribution is 5.79. The van der Waals surface area contributed by atoms with Crippen molar-refractivity contribution < 1.29 is 4.79 Å². The summed E-state index contributed by atoms with van der Waals surface area (Å²) in [5.74, 6) is 0.339. The number of hydrogen-bond donors (Lipinski definition) is 0. The second kappa shape index (κ2) is 8.10. The van der Waals surface area contributed by atoms with E-state index in [1.54, 1.807) is 0 Å². The lowest BCUT2D eigenvalue weighted by Gasteiger charge is -2.29. The van der Waals surface area contributed by atoms with Crippen LogP contribution in [0.15, 0.2) is 13.2 Å². The average molecular weight is 221 g/mol. The quantitative estimate of drug-likeness (QED) is 0.531. The molecule has 2 heteroatoms. The summed E-state index contributed by atoms with van der Waals surface area (Å²) in [5, 5.41) is 9.17. The Morgan fingerprint density at radius 3 is 2.31 bits per heavy atom. The summed E-state index contributed by atoms with van der Waals surface area (Å²) in [7, 11) is 0. The van der Waals surface area contributed by atoms with Gasteiger partial charge in [0.1, 0.15) is 5.78 Å². The number of ketones is 1. The Bertz CT molecular complexity index is 242. The van der Waals surface area contributed by atoms with E-state index in [-0.39, 0.29) is 5.41 Å². The Kier molecular flexibility index (Phi) is 7.54. The van der Waals surface area contributed by atoms with Crippen molar-refractivity contribution in [3.8, 4) is 6.07 Å². The summed E-state index contributed by atoms with van der Waals surface area (Å²) in [4.78, 5) is 11.1. The molecular formula is C14H23NO. The number of carbonyl (C=O) groups is 1. The van der Waals surface area contributed by atoms with Crippen molar-refractivity contribution in [2.45, 2.75) is 58.3 Å². The Morgan fingerprint density at radius 1 is 1.31 bits per heavy atom. The van der Waals surface area contributed by atoms with Crippen molar-refractivity contribution in [2.24, 2.45) is 5.41 Å². The minimum Gasteiger partial charge on any atom is -0.300 e. The second-order valence-corrected chi connectivity index (χ2v) is 4.39. The first kappa shape index (κ1) is 14.9. The van der Waals surface area contributed by atoms with Gasteiger partial charge in [0.2, 0.25) is 0 Å². The maximum absolute atomic E-state index is 11.1. The Labute approximate surface area is 99.3 Å². The Balaban J connectivity index is 0.00000106. The molecule has 0 bridgehead atoms. The largest absolute Gasteiger partial charge is 0.300 e. The van der Waals surface area contributed by atoms with Crippen LogP contribution in [0.2, 0.25) is 0 Å². The number of nitrogens with zero attached hydrogens (tertiary/aromatic N) is 1. The van der Waals surface area contributed by atoms with Crippen LogP contribution in [0.1, 0.15) is 58.3 Å². The fourth-order valence-electron chi connectivity index (χ4n) is 2.14. The van der Waals surface area contributed by atoms with Gasteiger partial charge < -0.3 is 0 Å². The molecule has 1 saturated carbocycles. The molecular weight excluding hydrogens is 198 g/mol. The summed E-state index contributed by atoms with van der Waals surface area (Å²) in [6.07, 6.45) is 7.37. The monoisotopic (exact) mass is 221 g/mol. The summed E-state index contributed by atoms with van der Waals surface area (Å²) in [5.41, 5.74) is -0.164. The van der Waals surface area contributed by atoms with Crippen LogP contribution < -0.4 is 0 Å². The van der Waals surface area contributed by atoms with E-state index in [1.165, 1.54) is 12.8 Å². The molecule has 0 unspecified atom stereocenters. The standard InChI is InChI=1S/C12H19NO.C2H4/c1-2-3-4-7-12(10-13)8-5-11(14)6-9-12;1-2/h2-9H2,1H3;1-2H2. The molecule has 0 saturated heterocycles. The van der Waals surface area contributed by atoms with Crippen LogP contribution >= 0.6 is 0 Å². The van der Waals surface area contributed by atoms with Crippen molar-refractivity contribution in [2.75, 3.05) is 0 Å². The normalized spacial score (nSPS) is 18.1. The molecule has 0 aromatic rings. The van der Waals surface area contributed by atoms with E-state index >= 15 is 0 Å². The van der Waals surface area contributed by atoms with Gasteiger partial charge >= 0.3 is 0 Å². The van der Waals surface area contributed by atoms with E-state index < -0.39 is 0 Å². The molecule has 0 aromatic heterocycles. The fraction of sp³-hybridized carbons (Fsp3) is 0.714. The van der Waals surface area contributed by atoms with Crippen molar-refractivity contribution in [1.82, 2.24) is 0 Å². The number of hydrogen-bond acceptors (Lipinski definition) is 2. The van der Waals surface area contributed by atoms with Gasteiger partial charge in [-0.15, -0.1) is 13.2 Å². The topological polar surface area (TPSA) is 40.9 Å². The molecule has 0 N–H and O–H groups in total. The molecule has 16 heavy (non-hydrogen) atoms. The van der Waals surface area contributed by atoms with Crippen LogP contribution in [0, 0.1) is 16.7 Å². The van der Waals surface area contributed by atoms with Crippen LogP contribution in [0.4, 0.5) is 0 Å². The van der Waals surface area contributed by atoms with E-state index in [0.29, 0.717) is 18.6 Å². The molecule has 2 nitrogen and oxygen atoms in total. The molecule has 1 aliphatic rings. The number of rotatable bonds is 4. The van der Waals surface area contributed by atoms with Crippen molar-refractivity contribution in [3.05, 3.63) is 13.2 Å². The van der Waals surface area contributed by atoms with Gasteiger partial charge in [0, 0.05) is 12.8 Å². The lowest BCUT2D eigenvalue weighted by Crippen LogP contribution is -2.26. The zero-order valence-electron chi connectivity index (χ0n) is 10.4. The predicted molar refractivity (Wildman–Crippen MR) is 66.9 cm³/mol. The molecule has 0 aliphatic heterocycles. The molecule has 0 amide bonds. The SMILES string of the molecule is C=C.CCCCCC1(C#N)CCC(=O)CC1. The summed E-state index contributed by atoms with van der Waals surface area (Å²) >= 11 is 0. The summed E-state index contributed by atoms with van der Waals surface area (Å²) < 4.78 is 0. The van der Waals surface area contributed by atoms with Crippen molar-refractivity contribution >= 4 is 5.78 Å². The highest BCUT2D eigenvalue weighted by Gasteiger charge is 2.33. The van der Waals surface area contributed by atoms with Crippen LogP contribution in [-0.4, -0.2) is 5.78 Å². The minimum absolute atomic E-state index is 0.164. The third kappa shape index (κ3) is 4.61. The van der Waals surface area contributed by atoms with E-state index in [1.807, 2.05) is 0 Å². The molecule has 0 radical (unpaired) electrons.